The van der Waals surface area contributed by atoms with Gasteiger partial charge in [-0.25, -0.2) is 9.97 Å². The van der Waals surface area contributed by atoms with Crippen LogP contribution in [-0.4, -0.2) is 15.9 Å². The van der Waals surface area contributed by atoms with E-state index >= 15 is 0 Å². The van der Waals surface area contributed by atoms with Crippen LogP contribution in [0.4, 0.5) is 5.69 Å². The molecule has 0 radical (unpaired) electrons. The van der Waals surface area contributed by atoms with Gasteiger partial charge in [0.1, 0.15) is 0 Å². The zero-order chi connectivity index (χ0) is 21.8. The third-order valence-electron chi connectivity index (χ3n) is 4.92. The molecule has 0 saturated carbocycles. The van der Waals surface area contributed by atoms with Crippen molar-refractivity contribution < 1.29 is 4.79 Å². The number of aryl methyl sites for hydroxylation is 2. The fourth-order valence-electron chi connectivity index (χ4n) is 3.42. The summed E-state index contributed by atoms with van der Waals surface area (Å²) < 4.78 is 0. The van der Waals surface area contributed by atoms with E-state index in [9.17, 15) is 4.79 Å². The summed E-state index contributed by atoms with van der Waals surface area (Å²) in [6.45, 7) is 4.01. The highest BCUT2D eigenvalue weighted by atomic mass is 35.5. The van der Waals surface area contributed by atoms with Crippen molar-refractivity contribution in [1.82, 2.24) is 9.97 Å². The lowest BCUT2D eigenvalue weighted by molar-refractivity contribution is -0.119. The number of rotatable bonds is 7. The number of para-hydroxylation sites is 1. The van der Waals surface area contributed by atoms with E-state index in [0.29, 0.717) is 17.9 Å². The highest BCUT2D eigenvalue weighted by Crippen LogP contribution is 2.31. The van der Waals surface area contributed by atoms with Crippen LogP contribution in [-0.2, 0) is 17.6 Å². The number of benzene rings is 2. The highest BCUT2D eigenvalue weighted by molar-refractivity contribution is 7.15. The van der Waals surface area contributed by atoms with Crippen molar-refractivity contribution in [2.24, 2.45) is 5.92 Å². The Morgan fingerprint density at radius 3 is 2.45 bits per heavy atom. The maximum absolute atomic E-state index is 13.2. The van der Waals surface area contributed by atoms with E-state index in [-0.39, 0.29) is 11.8 Å². The van der Waals surface area contributed by atoms with E-state index in [1.54, 1.807) is 22.7 Å². The van der Waals surface area contributed by atoms with Gasteiger partial charge in [0.15, 0.2) is 0 Å². The number of carbonyl (C=O) groups is 1. The Morgan fingerprint density at radius 2 is 1.77 bits per heavy atom. The SMILES string of the molecule is Cc1nc(C)c(-c2csc(CC(Cc3ccc(Cl)cc3)C(=O)Nc3ccccc3)n2)s1. The van der Waals surface area contributed by atoms with Crippen LogP contribution in [0, 0.1) is 19.8 Å². The molecule has 7 heteroatoms. The summed E-state index contributed by atoms with van der Waals surface area (Å²) in [5, 5.41) is 7.78. The van der Waals surface area contributed by atoms with Crippen LogP contribution in [0.15, 0.2) is 60.0 Å². The van der Waals surface area contributed by atoms with Gasteiger partial charge in [-0.1, -0.05) is 41.9 Å². The standard InChI is InChI=1S/C24H22ClN3OS2/c1-15-23(31-16(2)26-15)21-14-30-22(28-21)13-18(12-17-8-10-19(25)11-9-17)24(29)27-20-6-4-3-5-7-20/h3-11,14,18H,12-13H2,1-2H3,(H,27,29). The molecule has 2 aromatic heterocycles. The lowest BCUT2D eigenvalue weighted by Crippen LogP contribution is -2.26. The molecule has 4 rings (SSSR count). The first-order chi connectivity index (χ1) is 15.0. The minimum atomic E-state index is -0.246. The van der Waals surface area contributed by atoms with Crippen LogP contribution in [0.3, 0.4) is 0 Å². The highest BCUT2D eigenvalue weighted by Gasteiger charge is 2.22. The fourth-order valence-corrected chi connectivity index (χ4v) is 5.36. The number of aromatic nitrogens is 2. The van der Waals surface area contributed by atoms with Crippen LogP contribution in [0.5, 0.6) is 0 Å². The maximum Gasteiger partial charge on any atom is 0.228 e. The average Bonchev–Trinajstić information content (AvgIpc) is 3.35. The Kier molecular flexibility index (Phi) is 6.80. The number of halogens is 1. The van der Waals surface area contributed by atoms with Crippen LogP contribution in [0.25, 0.3) is 10.6 Å². The third-order valence-corrected chi connectivity index (χ3v) is 7.13. The van der Waals surface area contributed by atoms with Crippen molar-refractivity contribution >= 4 is 45.9 Å². The summed E-state index contributed by atoms with van der Waals surface area (Å²) >= 11 is 9.28. The minimum Gasteiger partial charge on any atom is -0.326 e. The van der Waals surface area contributed by atoms with Crippen LogP contribution >= 0.6 is 34.3 Å². The molecular formula is C24H22ClN3OS2. The summed E-state index contributed by atoms with van der Waals surface area (Å²) in [5.41, 5.74) is 3.81. The number of thiazole rings is 2. The summed E-state index contributed by atoms with van der Waals surface area (Å²) in [7, 11) is 0. The van der Waals surface area contributed by atoms with Gasteiger partial charge in [0.25, 0.3) is 0 Å². The van der Waals surface area contributed by atoms with Gasteiger partial charge in [-0.15, -0.1) is 22.7 Å². The third kappa shape index (κ3) is 5.58. The Balaban J connectivity index is 1.55. The monoisotopic (exact) mass is 467 g/mol. The number of carbonyl (C=O) groups excluding carboxylic acids is 1. The molecule has 2 heterocycles. The molecule has 158 valence electrons. The molecule has 0 aliphatic rings. The average molecular weight is 468 g/mol. The Hall–Kier alpha value is -2.54. The van der Waals surface area contributed by atoms with Crippen molar-refractivity contribution in [2.75, 3.05) is 5.32 Å². The second-order valence-electron chi connectivity index (χ2n) is 7.36. The lowest BCUT2D eigenvalue weighted by Gasteiger charge is -2.16. The maximum atomic E-state index is 13.2. The van der Waals surface area contributed by atoms with E-state index < -0.39 is 0 Å². The van der Waals surface area contributed by atoms with E-state index in [1.807, 2.05) is 68.4 Å². The van der Waals surface area contributed by atoms with E-state index in [4.69, 9.17) is 16.6 Å². The van der Waals surface area contributed by atoms with Gasteiger partial charge in [0.05, 0.1) is 26.3 Å². The molecule has 0 aliphatic heterocycles. The quantitative estimate of drug-likeness (QED) is 0.334. The van der Waals surface area contributed by atoms with Gasteiger partial charge in [0, 0.05) is 28.4 Å². The van der Waals surface area contributed by atoms with Crippen molar-refractivity contribution in [3.8, 4) is 10.6 Å². The predicted octanol–water partition coefficient (Wildman–Crippen LogP) is 6.58. The molecule has 4 aromatic rings. The predicted molar refractivity (Wildman–Crippen MR) is 130 cm³/mol. The molecule has 2 aromatic carbocycles. The van der Waals surface area contributed by atoms with E-state index in [0.717, 1.165) is 37.5 Å². The van der Waals surface area contributed by atoms with Gasteiger partial charge in [-0.05, 0) is 50.1 Å². The first-order valence-corrected chi connectivity index (χ1v) is 12.0. The number of hydrogen-bond donors (Lipinski definition) is 1. The summed E-state index contributed by atoms with van der Waals surface area (Å²) in [6, 6.07) is 17.2. The lowest BCUT2D eigenvalue weighted by atomic mass is 9.95. The molecule has 0 aliphatic carbocycles. The normalized spacial score (nSPS) is 12.0. The zero-order valence-electron chi connectivity index (χ0n) is 17.3. The largest absolute Gasteiger partial charge is 0.326 e. The second-order valence-corrected chi connectivity index (χ2v) is 9.94. The Bertz CT molecular complexity index is 1170. The first kappa shape index (κ1) is 21.7. The summed E-state index contributed by atoms with van der Waals surface area (Å²) in [5.74, 6) is -0.257. The van der Waals surface area contributed by atoms with Gasteiger partial charge < -0.3 is 5.32 Å². The first-order valence-electron chi connectivity index (χ1n) is 9.97. The van der Waals surface area contributed by atoms with Crippen molar-refractivity contribution in [2.45, 2.75) is 26.7 Å². The van der Waals surface area contributed by atoms with Gasteiger partial charge in [-0.2, -0.15) is 0 Å². The molecule has 1 unspecified atom stereocenters. The van der Waals surface area contributed by atoms with Crippen LogP contribution < -0.4 is 5.32 Å². The van der Waals surface area contributed by atoms with Crippen molar-refractivity contribution in [3.63, 3.8) is 0 Å². The zero-order valence-corrected chi connectivity index (χ0v) is 19.7. The van der Waals surface area contributed by atoms with Crippen LogP contribution in [0.1, 0.15) is 21.3 Å². The molecule has 1 atom stereocenters. The molecule has 1 amide bonds. The summed E-state index contributed by atoms with van der Waals surface area (Å²) in [4.78, 5) is 23.6. The molecule has 31 heavy (non-hydrogen) atoms. The van der Waals surface area contributed by atoms with Crippen molar-refractivity contribution in [1.29, 1.82) is 0 Å². The Labute approximate surface area is 195 Å². The molecule has 0 saturated heterocycles. The van der Waals surface area contributed by atoms with Gasteiger partial charge in [-0.3, -0.25) is 4.79 Å². The smallest absolute Gasteiger partial charge is 0.228 e. The molecule has 1 N–H and O–H groups in total. The number of nitrogens with one attached hydrogen (secondary N) is 1. The van der Waals surface area contributed by atoms with Gasteiger partial charge in [0.2, 0.25) is 5.91 Å². The molecule has 0 spiro atoms. The number of anilines is 1. The van der Waals surface area contributed by atoms with E-state index in [2.05, 4.69) is 15.7 Å². The molecule has 0 fully saturated rings. The summed E-state index contributed by atoms with van der Waals surface area (Å²) in [6.07, 6.45) is 1.19. The molecule has 0 bridgehead atoms. The minimum absolute atomic E-state index is 0.0114. The number of nitrogens with zero attached hydrogens (tertiary/aromatic N) is 2. The van der Waals surface area contributed by atoms with Crippen molar-refractivity contribution in [3.05, 3.63) is 86.3 Å². The van der Waals surface area contributed by atoms with Crippen LogP contribution in [0.2, 0.25) is 5.02 Å². The second kappa shape index (κ2) is 9.73. The molecular weight excluding hydrogens is 446 g/mol. The molecule has 4 nitrogen and oxygen atoms in total. The Morgan fingerprint density at radius 1 is 1.03 bits per heavy atom. The number of hydrogen-bond acceptors (Lipinski definition) is 5. The number of amides is 1. The van der Waals surface area contributed by atoms with Gasteiger partial charge >= 0.3 is 0 Å². The topological polar surface area (TPSA) is 54.9 Å². The van der Waals surface area contributed by atoms with E-state index in [1.165, 1.54) is 0 Å². The fraction of sp³-hybridized carbons (Fsp3) is 0.208.